The highest BCUT2D eigenvalue weighted by atomic mass is 16.2. The summed E-state index contributed by atoms with van der Waals surface area (Å²) >= 11 is 0. The smallest absolute Gasteiger partial charge is 0.247 e. The van der Waals surface area contributed by atoms with E-state index in [1.807, 2.05) is 29.2 Å². The SMILES string of the molecule is C=CC(=O)Nc1ccc(CC(=O)N(CC2CCC2)C(C)C)cc1. The summed E-state index contributed by atoms with van der Waals surface area (Å²) in [6.45, 7) is 8.45. The molecule has 0 aliphatic heterocycles. The second-order valence-electron chi connectivity index (χ2n) is 6.50. The van der Waals surface area contributed by atoms with Gasteiger partial charge in [0.25, 0.3) is 0 Å². The normalized spacial score (nSPS) is 14.2. The minimum absolute atomic E-state index is 0.176. The van der Waals surface area contributed by atoms with E-state index in [1.165, 1.54) is 25.3 Å². The van der Waals surface area contributed by atoms with Gasteiger partial charge in [0.05, 0.1) is 6.42 Å². The van der Waals surface area contributed by atoms with Crippen LogP contribution in [0.4, 0.5) is 5.69 Å². The van der Waals surface area contributed by atoms with Crippen molar-refractivity contribution in [3.05, 3.63) is 42.5 Å². The third-order valence-corrected chi connectivity index (χ3v) is 4.39. The van der Waals surface area contributed by atoms with E-state index in [2.05, 4.69) is 25.7 Å². The van der Waals surface area contributed by atoms with Gasteiger partial charge in [-0.1, -0.05) is 25.1 Å². The molecular weight excluding hydrogens is 288 g/mol. The molecule has 0 heterocycles. The molecule has 0 spiro atoms. The fourth-order valence-electron chi connectivity index (χ4n) is 2.73. The average Bonchev–Trinajstić information content (AvgIpc) is 2.47. The Hall–Kier alpha value is -2.10. The van der Waals surface area contributed by atoms with Crippen molar-refractivity contribution in [1.29, 1.82) is 0 Å². The Kier molecular flexibility index (Phi) is 5.97. The Morgan fingerprint density at radius 2 is 1.96 bits per heavy atom. The van der Waals surface area contributed by atoms with Gasteiger partial charge in [0.2, 0.25) is 11.8 Å². The van der Waals surface area contributed by atoms with Gasteiger partial charge in [-0.05, 0) is 56.4 Å². The summed E-state index contributed by atoms with van der Waals surface area (Å²) in [5.74, 6) is 0.618. The largest absolute Gasteiger partial charge is 0.340 e. The second kappa shape index (κ2) is 7.95. The minimum atomic E-state index is -0.236. The van der Waals surface area contributed by atoms with Crippen molar-refractivity contribution in [3.8, 4) is 0 Å². The second-order valence-corrected chi connectivity index (χ2v) is 6.50. The molecule has 1 aliphatic rings. The fraction of sp³-hybridized carbons (Fsp3) is 0.474. The molecule has 4 heteroatoms. The fourth-order valence-corrected chi connectivity index (χ4v) is 2.73. The molecular formula is C19H26N2O2. The molecule has 2 rings (SSSR count). The van der Waals surface area contributed by atoms with Crippen LogP contribution in [0.1, 0.15) is 38.7 Å². The topological polar surface area (TPSA) is 49.4 Å². The highest BCUT2D eigenvalue weighted by Crippen LogP contribution is 2.28. The van der Waals surface area contributed by atoms with E-state index >= 15 is 0 Å². The van der Waals surface area contributed by atoms with Crippen LogP contribution in [0, 0.1) is 5.92 Å². The lowest BCUT2D eigenvalue weighted by Crippen LogP contribution is -2.42. The van der Waals surface area contributed by atoms with Crippen molar-refractivity contribution in [3.63, 3.8) is 0 Å². The van der Waals surface area contributed by atoms with Crippen LogP contribution in [0.2, 0.25) is 0 Å². The van der Waals surface area contributed by atoms with Gasteiger partial charge in [-0.25, -0.2) is 0 Å². The first kappa shape index (κ1) is 17.3. The average molecular weight is 314 g/mol. The summed E-state index contributed by atoms with van der Waals surface area (Å²) in [5.41, 5.74) is 1.67. The molecule has 1 saturated carbocycles. The number of amides is 2. The number of carbonyl (C=O) groups is 2. The van der Waals surface area contributed by atoms with Crippen LogP contribution in [-0.2, 0) is 16.0 Å². The van der Waals surface area contributed by atoms with E-state index in [1.54, 1.807) is 0 Å². The molecule has 1 aromatic rings. The Balaban J connectivity index is 1.94. The standard InChI is InChI=1S/C19H26N2O2/c1-4-18(22)20-17-10-8-15(9-11-17)12-19(23)21(14(2)3)13-16-6-5-7-16/h4,8-11,14,16H,1,5-7,12-13H2,2-3H3,(H,20,22). The molecule has 0 unspecified atom stereocenters. The van der Waals surface area contributed by atoms with Crippen LogP contribution in [0.15, 0.2) is 36.9 Å². The van der Waals surface area contributed by atoms with Gasteiger partial charge in [-0.3, -0.25) is 9.59 Å². The van der Waals surface area contributed by atoms with Gasteiger partial charge in [0.15, 0.2) is 0 Å². The van der Waals surface area contributed by atoms with Crippen molar-refractivity contribution in [2.45, 2.75) is 45.6 Å². The number of hydrogen-bond acceptors (Lipinski definition) is 2. The van der Waals surface area contributed by atoms with Gasteiger partial charge in [0, 0.05) is 18.3 Å². The number of hydrogen-bond donors (Lipinski definition) is 1. The maximum absolute atomic E-state index is 12.6. The lowest BCUT2D eigenvalue weighted by atomic mass is 9.85. The van der Waals surface area contributed by atoms with Crippen LogP contribution in [0.5, 0.6) is 0 Å². The van der Waals surface area contributed by atoms with Crippen molar-refractivity contribution < 1.29 is 9.59 Å². The van der Waals surface area contributed by atoms with Crippen LogP contribution < -0.4 is 5.32 Å². The Morgan fingerprint density at radius 1 is 1.30 bits per heavy atom. The number of benzene rings is 1. The minimum Gasteiger partial charge on any atom is -0.340 e. The van der Waals surface area contributed by atoms with E-state index in [9.17, 15) is 9.59 Å². The molecule has 4 nitrogen and oxygen atoms in total. The maximum atomic E-state index is 12.6. The van der Waals surface area contributed by atoms with Crippen LogP contribution >= 0.6 is 0 Å². The monoisotopic (exact) mass is 314 g/mol. The lowest BCUT2D eigenvalue weighted by molar-refractivity contribution is -0.133. The van der Waals surface area contributed by atoms with Crippen LogP contribution in [-0.4, -0.2) is 29.3 Å². The van der Waals surface area contributed by atoms with Crippen LogP contribution in [0.3, 0.4) is 0 Å². The molecule has 124 valence electrons. The maximum Gasteiger partial charge on any atom is 0.247 e. The Bertz CT molecular complexity index is 559. The molecule has 0 bridgehead atoms. The van der Waals surface area contributed by atoms with E-state index in [0.29, 0.717) is 18.0 Å². The number of nitrogens with zero attached hydrogens (tertiary/aromatic N) is 1. The van der Waals surface area contributed by atoms with Crippen molar-refractivity contribution >= 4 is 17.5 Å². The number of nitrogens with one attached hydrogen (secondary N) is 1. The van der Waals surface area contributed by atoms with E-state index in [0.717, 1.165) is 12.1 Å². The summed E-state index contributed by atoms with van der Waals surface area (Å²) in [4.78, 5) is 25.8. The number of anilines is 1. The molecule has 1 aromatic carbocycles. The molecule has 1 fully saturated rings. The molecule has 0 radical (unpaired) electrons. The summed E-state index contributed by atoms with van der Waals surface area (Å²) in [6, 6.07) is 7.64. The predicted octanol–water partition coefficient (Wildman–Crippen LogP) is 3.39. The Labute approximate surface area is 138 Å². The Morgan fingerprint density at radius 3 is 2.43 bits per heavy atom. The number of rotatable bonds is 7. The molecule has 0 aromatic heterocycles. The third kappa shape index (κ3) is 4.95. The first-order valence-corrected chi connectivity index (χ1v) is 8.31. The quantitative estimate of drug-likeness (QED) is 0.784. The summed E-state index contributed by atoms with van der Waals surface area (Å²) < 4.78 is 0. The van der Waals surface area contributed by atoms with Gasteiger partial charge in [-0.15, -0.1) is 0 Å². The van der Waals surface area contributed by atoms with Gasteiger partial charge in [-0.2, -0.15) is 0 Å². The zero-order valence-electron chi connectivity index (χ0n) is 14.0. The van der Waals surface area contributed by atoms with Gasteiger partial charge < -0.3 is 10.2 Å². The highest BCUT2D eigenvalue weighted by Gasteiger charge is 2.25. The first-order chi connectivity index (χ1) is 11.0. The molecule has 1 aliphatic carbocycles. The first-order valence-electron chi connectivity index (χ1n) is 8.31. The van der Waals surface area contributed by atoms with Crippen LogP contribution in [0.25, 0.3) is 0 Å². The summed E-state index contributed by atoms with van der Waals surface area (Å²) in [7, 11) is 0. The van der Waals surface area contributed by atoms with E-state index in [4.69, 9.17) is 0 Å². The van der Waals surface area contributed by atoms with Gasteiger partial charge in [0.1, 0.15) is 0 Å². The molecule has 0 saturated heterocycles. The van der Waals surface area contributed by atoms with Crippen molar-refractivity contribution in [1.82, 2.24) is 4.90 Å². The van der Waals surface area contributed by atoms with E-state index < -0.39 is 0 Å². The predicted molar refractivity (Wildman–Crippen MR) is 93.2 cm³/mol. The molecule has 23 heavy (non-hydrogen) atoms. The summed E-state index contributed by atoms with van der Waals surface area (Å²) in [5, 5.41) is 2.70. The summed E-state index contributed by atoms with van der Waals surface area (Å²) in [6.07, 6.45) is 5.42. The third-order valence-electron chi connectivity index (χ3n) is 4.39. The lowest BCUT2D eigenvalue weighted by Gasteiger charge is -2.35. The van der Waals surface area contributed by atoms with Crippen molar-refractivity contribution in [2.24, 2.45) is 5.92 Å². The molecule has 2 amide bonds. The highest BCUT2D eigenvalue weighted by molar-refractivity contribution is 5.98. The van der Waals surface area contributed by atoms with Gasteiger partial charge >= 0.3 is 0 Å². The van der Waals surface area contributed by atoms with E-state index in [-0.39, 0.29) is 17.9 Å². The zero-order valence-corrected chi connectivity index (χ0v) is 14.0. The molecule has 0 atom stereocenters. The van der Waals surface area contributed by atoms with Crippen molar-refractivity contribution in [2.75, 3.05) is 11.9 Å². The number of carbonyl (C=O) groups excluding carboxylic acids is 2. The zero-order chi connectivity index (χ0) is 16.8. The molecule has 1 N–H and O–H groups in total.